The fraction of sp³-hybridized carbons (Fsp3) is 0.143. The van der Waals surface area contributed by atoms with Crippen LogP contribution in [0.3, 0.4) is 0 Å². The van der Waals surface area contributed by atoms with Crippen LogP contribution in [-0.4, -0.2) is 10.2 Å². The van der Waals surface area contributed by atoms with Gasteiger partial charge in [0.15, 0.2) is 6.10 Å². The summed E-state index contributed by atoms with van der Waals surface area (Å²) in [6.45, 7) is 1.82. The standard InChI is InChI=1S/C14H10Cl2N2O2S/c1-8(19-11-5-4-9(15)7-10(11)16)13-17-18-14(20-13)12-3-2-6-21-12/h2-8H,1H3/t8-/m0/s1. The second-order valence-corrected chi connectivity index (χ2v) is 6.05. The summed E-state index contributed by atoms with van der Waals surface area (Å²) in [6.07, 6.45) is -0.412. The number of hydrogen-bond donors (Lipinski definition) is 0. The highest BCUT2D eigenvalue weighted by atomic mass is 35.5. The second-order valence-electron chi connectivity index (χ2n) is 4.26. The first-order chi connectivity index (χ1) is 10.1. The topological polar surface area (TPSA) is 48.2 Å². The van der Waals surface area contributed by atoms with Gasteiger partial charge in [0.25, 0.3) is 11.8 Å². The average Bonchev–Trinajstić information content (AvgIpc) is 3.10. The van der Waals surface area contributed by atoms with Crippen LogP contribution in [0.4, 0.5) is 0 Å². The van der Waals surface area contributed by atoms with Gasteiger partial charge in [-0.1, -0.05) is 29.3 Å². The molecule has 0 saturated heterocycles. The summed E-state index contributed by atoms with van der Waals surface area (Å²) in [5, 5.41) is 11.0. The van der Waals surface area contributed by atoms with Crippen LogP contribution in [0.5, 0.6) is 5.75 Å². The fourth-order valence-electron chi connectivity index (χ4n) is 1.71. The summed E-state index contributed by atoms with van der Waals surface area (Å²) in [5.41, 5.74) is 0. The fourth-order valence-corrected chi connectivity index (χ4v) is 2.81. The molecule has 0 radical (unpaired) electrons. The Labute approximate surface area is 135 Å². The van der Waals surface area contributed by atoms with Crippen molar-refractivity contribution < 1.29 is 9.15 Å². The molecule has 3 aromatic rings. The van der Waals surface area contributed by atoms with Gasteiger partial charge in [0.2, 0.25) is 0 Å². The van der Waals surface area contributed by atoms with E-state index in [1.165, 1.54) is 11.3 Å². The Hall–Kier alpha value is -1.56. The van der Waals surface area contributed by atoms with Crippen molar-refractivity contribution in [3.63, 3.8) is 0 Å². The molecule has 0 aliphatic rings. The quantitative estimate of drug-likeness (QED) is 0.651. The Kier molecular flexibility index (Phi) is 4.14. The third-order valence-electron chi connectivity index (χ3n) is 2.72. The van der Waals surface area contributed by atoms with Gasteiger partial charge in [0.1, 0.15) is 5.75 Å². The lowest BCUT2D eigenvalue weighted by Crippen LogP contribution is -2.03. The number of nitrogens with zero attached hydrogens (tertiary/aromatic N) is 2. The maximum Gasteiger partial charge on any atom is 0.257 e. The van der Waals surface area contributed by atoms with Gasteiger partial charge in [-0.15, -0.1) is 21.5 Å². The smallest absolute Gasteiger partial charge is 0.257 e. The first-order valence-corrected chi connectivity index (χ1v) is 7.76. The summed E-state index contributed by atoms with van der Waals surface area (Å²) in [5.74, 6) is 1.39. The molecule has 0 aliphatic heterocycles. The van der Waals surface area contributed by atoms with Crippen LogP contribution in [0, 0.1) is 0 Å². The summed E-state index contributed by atoms with van der Waals surface area (Å²) >= 11 is 13.5. The van der Waals surface area contributed by atoms with Crippen LogP contribution in [-0.2, 0) is 0 Å². The highest BCUT2D eigenvalue weighted by molar-refractivity contribution is 7.13. The molecule has 1 aromatic carbocycles. The summed E-state index contributed by atoms with van der Waals surface area (Å²) < 4.78 is 11.4. The van der Waals surface area contributed by atoms with E-state index in [1.807, 2.05) is 24.4 Å². The molecule has 108 valence electrons. The molecule has 0 unspecified atom stereocenters. The maximum atomic E-state index is 6.07. The normalized spacial score (nSPS) is 12.3. The van der Waals surface area contributed by atoms with E-state index in [0.717, 1.165) is 4.88 Å². The third kappa shape index (κ3) is 3.20. The van der Waals surface area contributed by atoms with Crippen molar-refractivity contribution in [2.45, 2.75) is 13.0 Å². The van der Waals surface area contributed by atoms with Crippen molar-refractivity contribution in [1.82, 2.24) is 10.2 Å². The number of hydrogen-bond acceptors (Lipinski definition) is 5. The number of aromatic nitrogens is 2. The zero-order valence-corrected chi connectivity index (χ0v) is 13.2. The molecule has 7 heteroatoms. The van der Waals surface area contributed by atoms with Gasteiger partial charge in [0.05, 0.1) is 9.90 Å². The van der Waals surface area contributed by atoms with E-state index in [0.29, 0.717) is 27.6 Å². The number of halogens is 2. The van der Waals surface area contributed by atoms with Crippen molar-refractivity contribution in [3.05, 3.63) is 51.6 Å². The van der Waals surface area contributed by atoms with Crippen molar-refractivity contribution in [3.8, 4) is 16.5 Å². The molecule has 0 amide bonds. The molecule has 0 fully saturated rings. The van der Waals surface area contributed by atoms with Gasteiger partial charge in [-0.2, -0.15) is 0 Å². The van der Waals surface area contributed by atoms with E-state index >= 15 is 0 Å². The predicted octanol–water partition coefficient (Wildman–Crippen LogP) is 5.24. The minimum Gasteiger partial charge on any atom is -0.479 e. The SMILES string of the molecule is C[C@H](Oc1ccc(Cl)cc1Cl)c1nnc(-c2cccs2)o1. The number of rotatable bonds is 4. The molecule has 0 bridgehead atoms. The van der Waals surface area contributed by atoms with E-state index in [9.17, 15) is 0 Å². The Morgan fingerprint density at radius 3 is 2.81 bits per heavy atom. The minimum absolute atomic E-state index is 0.393. The van der Waals surface area contributed by atoms with Crippen LogP contribution in [0.25, 0.3) is 10.8 Å². The predicted molar refractivity (Wildman–Crippen MR) is 83.1 cm³/mol. The lowest BCUT2D eigenvalue weighted by molar-refractivity contribution is 0.190. The molecule has 4 nitrogen and oxygen atoms in total. The van der Waals surface area contributed by atoms with Gasteiger partial charge >= 0.3 is 0 Å². The molecule has 21 heavy (non-hydrogen) atoms. The molecule has 0 N–H and O–H groups in total. The Bertz CT molecular complexity index is 743. The summed E-state index contributed by atoms with van der Waals surface area (Å²) in [7, 11) is 0. The number of benzene rings is 1. The Morgan fingerprint density at radius 2 is 2.10 bits per heavy atom. The largest absolute Gasteiger partial charge is 0.479 e. The van der Waals surface area contributed by atoms with Crippen molar-refractivity contribution in [2.24, 2.45) is 0 Å². The summed E-state index contributed by atoms with van der Waals surface area (Å²) in [6, 6.07) is 8.88. The van der Waals surface area contributed by atoms with Gasteiger partial charge in [-0.25, -0.2) is 0 Å². The Morgan fingerprint density at radius 1 is 1.24 bits per heavy atom. The highest BCUT2D eigenvalue weighted by Crippen LogP contribution is 2.32. The highest BCUT2D eigenvalue weighted by Gasteiger charge is 2.18. The zero-order valence-electron chi connectivity index (χ0n) is 10.9. The van der Waals surface area contributed by atoms with Gasteiger partial charge in [-0.3, -0.25) is 0 Å². The minimum atomic E-state index is -0.412. The molecule has 0 aliphatic carbocycles. The molecule has 0 saturated carbocycles. The van der Waals surface area contributed by atoms with Crippen LogP contribution >= 0.6 is 34.5 Å². The van der Waals surface area contributed by atoms with Crippen LogP contribution in [0.1, 0.15) is 18.9 Å². The van der Waals surface area contributed by atoms with Crippen molar-refractivity contribution >= 4 is 34.5 Å². The number of thiophene rings is 1. The molecule has 2 heterocycles. The first kappa shape index (κ1) is 14.4. The van der Waals surface area contributed by atoms with Gasteiger partial charge < -0.3 is 9.15 Å². The second kappa shape index (κ2) is 6.05. The average molecular weight is 341 g/mol. The molecule has 0 spiro atoms. The van der Waals surface area contributed by atoms with Crippen LogP contribution in [0.2, 0.25) is 10.0 Å². The van der Waals surface area contributed by atoms with Gasteiger partial charge in [0, 0.05) is 5.02 Å². The van der Waals surface area contributed by atoms with E-state index in [1.54, 1.807) is 18.2 Å². The molecular weight excluding hydrogens is 331 g/mol. The zero-order chi connectivity index (χ0) is 14.8. The Balaban J connectivity index is 1.78. The van der Waals surface area contributed by atoms with E-state index in [4.69, 9.17) is 32.4 Å². The molecular formula is C14H10Cl2N2O2S. The first-order valence-electron chi connectivity index (χ1n) is 6.12. The van der Waals surface area contributed by atoms with Crippen molar-refractivity contribution in [2.75, 3.05) is 0 Å². The molecule has 2 aromatic heterocycles. The van der Waals surface area contributed by atoms with E-state index in [-0.39, 0.29) is 0 Å². The maximum absolute atomic E-state index is 6.07. The van der Waals surface area contributed by atoms with Gasteiger partial charge in [-0.05, 0) is 36.6 Å². The molecule has 3 rings (SSSR count). The monoisotopic (exact) mass is 340 g/mol. The van der Waals surface area contributed by atoms with Crippen LogP contribution < -0.4 is 4.74 Å². The number of ether oxygens (including phenoxy) is 1. The third-order valence-corrected chi connectivity index (χ3v) is 4.11. The molecule has 1 atom stereocenters. The lowest BCUT2D eigenvalue weighted by atomic mass is 10.3. The van der Waals surface area contributed by atoms with E-state index < -0.39 is 6.10 Å². The summed E-state index contributed by atoms with van der Waals surface area (Å²) in [4.78, 5) is 0.922. The van der Waals surface area contributed by atoms with Crippen molar-refractivity contribution in [1.29, 1.82) is 0 Å². The van der Waals surface area contributed by atoms with E-state index in [2.05, 4.69) is 10.2 Å². The lowest BCUT2D eigenvalue weighted by Gasteiger charge is -2.12. The van der Waals surface area contributed by atoms with Crippen LogP contribution in [0.15, 0.2) is 40.1 Å².